The number of carbonyl (C=O) groups is 2. The van der Waals surface area contributed by atoms with E-state index in [1.807, 2.05) is 51.1 Å². The summed E-state index contributed by atoms with van der Waals surface area (Å²) in [6.45, 7) is 6.11. The maximum absolute atomic E-state index is 13.6. The van der Waals surface area contributed by atoms with Crippen molar-refractivity contribution in [3.63, 3.8) is 0 Å². The highest BCUT2D eigenvalue weighted by atomic mass is 79.9. The summed E-state index contributed by atoms with van der Waals surface area (Å²) in [4.78, 5) is 28.0. The number of rotatable bonds is 11. The number of nitrogens with zero attached hydrogens (tertiary/aromatic N) is 2. The van der Waals surface area contributed by atoms with Gasteiger partial charge < -0.3 is 10.2 Å². The summed E-state index contributed by atoms with van der Waals surface area (Å²) in [7, 11) is -3.76. The van der Waals surface area contributed by atoms with Crippen LogP contribution in [0.25, 0.3) is 0 Å². The Bertz CT molecular complexity index is 1040. The first-order valence-electron chi connectivity index (χ1n) is 10.9. The summed E-state index contributed by atoms with van der Waals surface area (Å²) >= 11 is 3.37. The summed E-state index contributed by atoms with van der Waals surface area (Å²) in [5.41, 5.74) is 1.22. The Labute approximate surface area is 205 Å². The molecule has 1 atom stereocenters. The Morgan fingerprint density at radius 1 is 1.03 bits per heavy atom. The van der Waals surface area contributed by atoms with Gasteiger partial charge in [-0.15, -0.1) is 0 Å². The molecule has 0 fully saturated rings. The van der Waals surface area contributed by atoms with Crippen LogP contribution in [0.15, 0.2) is 59.1 Å². The molecule has 2 aromatic rings. The van der Waals surface area contributed by atoms with Crippen LogP contribution in [0.3, 0.4) is 0 Å². The largest absolute Gasteiger partial charge is 0.354 e. The second-order valence-electron chi connectivity index (χ2n) is 8.29. The molecule has 0 unspecified atom stereocenters. The molecule has 180 valence electrons. The molecule has 0 spiro atoms. The van der Waals surface area contributed by atoms with Crippen molar-refractivity contribution in [2.45, 2.75) is 39.8 Å². The average molecular weight is 539 g/mol. The molecule has 2 amide bonds. The highest BCUT2D eigenvalue weighted by molar-refractivity contribution is 9.10. The number of anilines is 1. The number of sulfonamides is 1. The third-order valence-corrected chi connectivity index (χ3v) is 6.86. The van der Waals surface area contributed by atoms with Gasteiger partial charge in [-0.2, -0.15) is 0 Å². The fraction of sp³-hybridized carbons (Fsp3) is 0.417. The Hall–Kier alpha value is -2.39. The van der Waals surface area contributed by atoms with Crippen LogP contribution in [0.2, 0.25) is 0 Å². The van der Waals surface area contributed by atoms with E-state index in [2.05, 4.69) is 21.2 Å². The zero-order valence-corrected chi connectivity index (χ0v) is 21.9. The average Bonchev–Trinajstić information content (AvgIpc) is 2.76. The molecule has 0 saturated heterocycles. The lowest BCUT2D eigenvalue weighted by molar-refractivity contribution is -0.140. The first-order chi connectivity index (χ1) is 15.5. The van der Waals surface area contributed by atoms with Crippen molar-refractivity contribution in [1.29, 1.82) is 0 Å². The third-order valence-electron chi connectivity index (χ3n) is 5.07. The van der Waals surface area contributed by atoms with Gasteiger partial charge in [0.05, 0.1) is 11.9 Å². The molecule has 0 aliphatic heterocycles. The van der Waals surface area contributed by atoms with Crippen molar-refractivity contribution in [1.82, 2.24) is 10.2 Å². The van der Waals surface area contributed by atoms with E-state index in [0.717, 1.165) is 16.1 Å². The minimum Gasteiger partial charge on any atom is -0.354 e. The van der Waals surface area contributed by atoms with Crippen molar-refractivity contribution >= 4 is 43.5 Å². The lowest BCUT2D eigenvalue weighted by Crippen LogP contribution is -2.52. The van der Waals surface area contributed by atoms with Gasteiger partial charge in [-0.1, -0.05) is 63.2 Å². The molecule has 2 rings (SSSR count). The Balaban J connectivity index is 2.40. The second kappa shape index (κ2) is 12.2. The van der Waals surface area contributed by atoms with E-state index in [-0.39, 0.29) is 18.4 Å². The van der Waals surface area contributed by atoms with E-state index in [1.165, 1.54) is 4.90 Å². The second-order valence-corrected chi connectivity index (χ2v) is 11.1. The molecule has 33 heavy (non-hydrogen) atoms. The molecule has 9 heteroatoms. The fourth-order valence-electron chi connectivity index (χ4n) is 3.37. The van der Waals surface area contributed by atoms with Crippen LogP contribution < -0.4 is 9.62 Å². The molecule has 0 radical (unpaired) electrons. The first kappa shape index (κ1) is 26.9. The van der Waals surface area contributed by atoms with Crippen LogP contribution in [-0.4, -0.2) is 50.5 Å². The molecular weight excluding hydrogens is 506 g/mol. The van der Waals surface area contributed by atoms with Crippen LogP contribution in [0.5, 0.6) is 0 Å². The van der Waals surface area contributed by atoms with Gasteiger partial charge in [0.15, 0.2) is 0 Å². The van der Waals surface area contributed by atoms with E-state index in [0.29, 0.717) is 23.1 Å². The number of hydrogen-bond donors (Lipinski definition) is 1. The maximum atomic E-state index is 13.6. The normalized spacial score (nSPS) is 12.3. The number of nitrogens with one attached hydrogen (secondary N) is 1. The van der Waals surface area contributed by atoms with E-state index in [1.54, 1.807) is 24.3 Å². The molecule has 2 aromatic carbocycles. The van der Waals surface area contributed by atoms with Crippen LogP contribution in [0, 0.1) is 5.92 Å². The van der Waals surface area contributed by atoms with E-state index in [9.17, 15) is 18.0 Å². The lowest BCUT2D eigenvalue weighted by atomic mass is 10.1. The molecular formula is C24H32BrN3O4S. The first-order valence-corrected chi connectivity index (χ1v) is 13.5. The van der Waals surface area contributed by atoms with Crippen molar-refractivity contribution in [3.05, 3.63) is 64.6 Å². The van der Waals surface area contributed by atoms with Gasteiger partial charge in [0.25, 0.3) is 0 Å². The predicted molar refractivity (Wildman–Crippen MR) is 135 cm³/mol. The van der Waals surface area contributed by atoms with E-state index >= 15 is 0 Å². The summed E-state index contributed by atoms with van der Waals surface area (Å²) in [5, 5.41) is 2.91. The topological polar surface area (TPSA) is 86.8 Å². The SMILES string of the molecule is CC[C@H](C(=O)NCC(C)C)N(Cc1ccccc1)C(=O)CN(c1ccccc1Br)S(C)(=O)=O. The van der Waals surface area contributed by atoms with Crippen molar-refractivity contribution < 1.29 is 18.0 Å². The monoisotopic (exact) mass is 537 g/mol. The number of carbonyl (C=O) groups excluding carboxylic acids is 2. The smallest absolute Gasteiger partial charge is 0.244 e. The Morgan fingerprint density at radius 2 is 1.64 bits per heavy atom. The minimum atomic E-state index is -3.76. The predicted octanol–water partition coefficient (Wildman–Crippen LogP) is 3.79. The summed E-state index contributed by atoms with van der Waals surface area (Å²) in [5.74, 6) is -0.435. The summed E-state index contributed by atoms with van der Waals surface area (Å²) in [6, 6.07) is 15.5. The Kier molecular flexibility index (Phi) is 9.91. The van der Waals surface area contributed by atoms with Gasteiger partial charge in [0, 0.05) is 17.6 Å². The number of hydrogen-bond acceptors (Lipinski definition) is 4. The van der Waals surface area contributed by atoms with Gasteiger partial charge in [-0.05, 0) is 46.0 Å². The third kappa shape index (κ3) is 7.85. The molecule has 0 aliphatic rings. The molecule has 0 aliphatic carbocycles. The number of halogens is 1. The Morgan fingerprint density at radius 3 is 2.18 bits per heavy atom. The maximum Gasteiger partial charge on any atom is 0.244 e. The highest BCUT2D eigenvalue weighted by Crippen LogP contribution is 2.28. The van der Waals surface area contributed by atoms with Crippen molar-refractivity contribution in [3.8, 4) is 0 Å². The zero-order valence-electron chi connectivity index (χ0n) is 19.5. The highest BCUT2D eigenvalue weighted by Gasteiger charge is 2.32. The molecule has 0 heterocycles. The molecule has 0 saturated carbocycles. The number of para-hydroxylation sites is 1. The molecule has 7 nitrogen and oxygen atoms in total. The molecule has 1 N–H and O–H groups in total. The molecule has 0 bridgehead atoms. The van der Waals surface area contributed by atoms with Gasteiger partial charge >= 0.3 is 0 Å². The summed E-state index contributed by atoms with van der Waals surface area (Å²) in [6.07, 6.45) is 1.46. The van der Waals surface area contributed by atoms with Crippen LogP contribution >= 0.6 is 15.9 Å². The van der Waals surface area contributed by atoms with Gasteiger partial charge in [0.1, 0.15) is 12.6 Å². The van der Waals surface area contributed by atoms with Crippen LogP contribution in [0.1, 0.15) is 32.8 Å². The van der Waals surface area contributed by atoms with Gasteiger partial charge in [-0.25, -0.2) is 8.42 Å². The van der Waals surface area contributed by atoms with E-state index < -0.39 is 28.5 Å². The van der Waals surface area contributed by atoms with E-state index in [4.69, 9.17) is 0 Å². The van der Waals surface area contributed by atoms with Crippen LogP contribution in [0.4, 0.5) is 5.69 Å². The molecule has 0 aromatic heterocycles. The quantitative estimate of drug-likeness (QED) is 0.472. The minimum absolute atomic E-state index is 0.195. The lowest BCUT2D eigenvalue weighted by Gasteiger charge is -2.33. The van der Waals surface area contributed by atoms with Crippen molar-refractivity contribution in [2.75, 3.05) is 23.7 Å². The number of benzene rings is 2. The van der Waals surface area contributed by atoms with Gasteiger partial charge in [-0.3, -0.25) is 13.9 Å². The van der Waals surface area contributed by atoms with Crippen LogP contribution in [-0.2, 0) is 26.2 Å². The van der Waals surface area contributed by atoms with Crippen molar-refractivity contribution in [2.24, 2.45) is 5.92 Å². The van der Waals surface area contributed by atoms with Gasteiger partial charge in [0.2, 0.25) is 21.8 Å². The zero-order chi connectivity index (χ0) is 24.6. The standard InChI is InChI=1S/C24H32BrN3O4S/c1-5-21(24(30)26-15-18(2)3)27(16-19-11-7-6-8-12-19)23(29)17-28(33(4,31)32)22-14-10-9-13-20(22)25/h6-14,18,21H,5,15-17H2,1-4H3,(H,26,30)/t21-/m1/s1. The fourth-order valence-corrected chi connectivity index (χ4v) is 4.85. The number of amides is 2. The summed E-state index contributed by atoms with van der Waals surface area (Å²) < 4.78 is 26.8.